The maximum atomic E-state index is 13.2. The molecule has 0 radical (unpaired) electrons. The van der Waals surface area contributed by atoms with Gasteiger partial charge in [0.25, 0.3) is 5.91 Å². The number of carbonyl (C=O) groups excluding carboxylic acids is 1. The number of benzene rings is 2. The van der Waals surface area contributed by atoms with Gasteiger partial charge in [0.1, 0.15) is 10.6 Å². The number of sulfonamides is 2. The van der Waals surface area contributed by atoms with Gasteiger partial charge in [0.05, 0.1) is 12.0 Å². The highest BCUT2D eigenvalue weighted by Gasteiger charge is 2.29. The van der Waals surface area contributed by atoms with Crippen molar-refractivity contribution in [2.24, 2.45) is 5.14 Å². The molecular formula is C21H27N3O6S2. The second-order valence-corrected chi connectivity index (χ2v) is 11.0. The topological polar surface area (TPSA) is 136 Å². The van der Waals surface area contributed by atoms with Crippen LogP contribution in [0, 0.1) is 0 Å². The predicted molar refractivity (Wildman–Crippen MR) is 119 cm³/mol. The van der Waals surface area contributed by atoms with Gasteiger partial charge < -0.3 is 10.1 Å². The zero-order valence-corrected chi connectivity index (χ0v) is 19.4. The van der Waals surface area contributed by atoms with Crippen molar-refractivity contribution in [1.29, 1.82) is 0 Å². The summed E-state index contributed by atoms with van der Waals surface area (Å²) in [6.45, 7) is 1.01. The van der Waals surface area contributed by atoms with Crippen molar-refractivity contribution in [1.82, 2.24) is 9.62 Å². The summed E-state index contributed by atoms with van der Waals surface area (Å²) < 4.78 is 55.9. The van der Waals surface area contributed by atoms with E-state index in [-0.39, 0.29) is 27.6 Å². The highest BCUT2D eigenvalue weighted by molar-refractivity contribution is 7.89. The summed E-state index contributed by atoms with van der Waals surface area (Å²) >= 11 is 0. The van der Waals surface area contributed by atoms with Gasteiger partial charge in [-0.25, -0.2) is 22.0 Å². The predicted octanol–water partition coefficient (Wildman–Crippen LogP) is 1.84. The third-order valence-corrected chi connectivity index (χ3v) is 8.16. The molecule has 1 aliphatic heterocycles. The molecule has 0 aliphatic carbocycles. The van der Waals surface area contributed by atoms with E-state index in [4.69, 9.17) is 9.88 Å². The van der Waals surface area contributed by atoms with Gasteiger partial charge >= 0.3 is 0 Å². The van der Waals surface area contributed by atoms with Crippen LogP contribution in [0.5, 0.6) is 5.75 Å². The third-order valence-electron chi connectivity index (χ3n) is 5.31. The zero-order chi connectivity index (χ0) is 23.4. The Hall–Kier alpha value is -2.47. The molecule has 1 aliphatic rings. The van der Waals surface area contributed by atoms with Gasteiger partial charge in [0.15, 0.2) is 0 Å². The molecule has 174 valence electrons. The van der Waals surface area contributed by atoms with E-state index in [1.54, 1.807) is 12.1 Å². The molecule has 9 nitrogen and oxygen atoms in total. The highest BCUT2D eigenvalue weighted by Crippen LogP contribution is 2.29. The maximum absolute atomic E-state index is 13.2. The fourth-order valence-electron chi connectivity index (χ4n) is 3.52. The van der Waals surface area contributed by atoms with Gasteiger partial charge in [0, 0.05) is 25.2 Å². The minimum absolute atomic E-state index is 0.0221. The Morgan fingerprint density at radius 1 is 1.00 bits per heavy atom. The number of amides is 1. The van der Waals surface area contributed by atoms with Crippen molar-refractivity contribution in [3.05, 3.63) is 53.6 Å². The molecule has 1 saturated heterocycles. The van der Waals surface area contributed by atoms with Crippen LogP contribution in [0.1, 0.15) is 41.6 Å². The number of nitrogens with two attached hydrogens (primary N) is 1. The molecule has 3 N–H and O–H groups in total. The largest absolute Gasteiger partial charge is 0.495 e. The molecule has 0 spiro atoms. The quantitative estimate of drug-likeness (QED) is 0.619. The minimum Gasteiger partial charge on any atom is -0.495 e. The van der Waals surface area contributed by atoms with Crippen LogP contribution in [0.3, 0.4) is 0 Å². The van der Waals surface area contributed by atoms with Gasteiger partial charge in [-0.15, -0.1) is 0 Å². The van der Waals surface area contributed by atoms with E-state index in [0.717, 1.165) is 25.7 Å². The van der Waals surface area contributed by atoms with E-state index in [1.807, 2.05) is 0 Å². The second-order valence-electron chi connectivity index (χ2n) is 7.56. The first kappa shape index (κ1) is 24.2. The fraction of sp³-hybridized carbons (Fsp3) is 0.381. The Kier molecular flexibility index (Phi) is 7.55. The Bertz CT molecular complexity index is 1170. The Balaban J connectivity index is 1.78. The van der Waals surface area contributed by atoms with Crippen molar-refractivity contribution in [2.75, 3.05) is 20.2 Å². The third kappa shape index (κ3) is 5.66. The molecule has 0 bridgehead atoms. The summed E-state index contributed by atoms with van der Waals surface area (Å²) in [4.78, 5) is 12.6. The molecule has 1 heterocycles. The average Bonchev–Trinajstić information content (AvgIpc) is 3.07. The summed E-state index contributed by atoms with van der Waals surface area (Å²) in [5.41, 5.74) is 0.844. The van der Waals surface area contributed by atoms with E-state index in [2.05, 4.69) is 5.32 Å². The number of carbonyl (C=O) groups is 1. The first-order valence-corrected chi connectivity index (χ1v) is 13.2. The molecule has 11 heteroatoms. The molecule has 32 heavy (non-hydrogen) atoms. The average molecular weight is 482 g/mol. The van der Waals surface area contributed by atoms with Gasteiger partial charge in [-0.3, -0.25) is 4.79 Å². The van der Waals surface area contributed by atoms with Gasteiger partial charge in [0.2, 0.25) is 20.0 Å². The number of hydrogen-bond donors (Lipinski definition) is 2. The monoisotopic (exact) mass is 481 g/mol. The Morgan fingerprint density at radius 2 is 1.62 bits per heavy atom. The van der Waals surface area contributed by atoms with E-state index in [9.17, 15) is 21.6 Å². The molecular weight excluding hydrogens is 454 g/mol. The standard InChI is InChI=1S/C21H27N3O6S2/c1-30-19-11-8-17(14-20(19)32(28,29)24-12-4-2-3-5-13-24)21(25)23-15-16-6-9-18(10-7-16)31(22,26)27/h6-11,14H,2-5,12-13,15H2,1H3,(H,23,25)(H2,22,26,27). The number of ether oxygens (including phenoxy) is 1. The summed E-state index contributed by atoms with van der Waals surface area (Å²) in [5.74, 6) is -0.278. The Labute approximate surface area is 188 Å². The lowest BCUT2D eigenvalue weighted by atomic mass is 10.2. The lowest BCUT2D eigenvalue weighted by Gasteiger charge is -2.21. The minimum atomic E-state index is -3.81. The lowest BCUT2D eigenvalue weighted by molar-refractivity contribution is 0.0950. The molecule has 2 aromatic rings. The van der Waals surface area contributed by atoms with Crippen LogP contribution in [-0.4, -0.2) is 47.2 Å². The summed E-state index contributed by atoms with van der Waals surface area (Å²) in [5, 5.41) is 7.79. The zero-order valence-electron chi connectivity index (χ0n) is 17.8. The van der Waals surface area contributed by atoms with Crippen LogP contribution in [0.15, 0.2) is 52.3 Å². The normalized spacial score (nSPS) is 15.7. The van der Waals surface area contributed by atoms with E-state index < -0.39 is 26.0 Å². The van der Waals surface area contributed by atoms with Gasteiger partial charge in [-0.05, 0) is 48.7 Å². The van der Waals surface area contributed by atoms with Crippen LogP contribution in [0.4, 0.5) is 0 Å². The molecule has 1 amide bonds. The fourth-order valence-corrected chi connectivity index (χ4v) is 5.74. The molecule has 3 rings (SSSR count). The van der Waals surface area contributed by atoms with Crippen molar-refractivity contribution in [3.63, 3.8) is 0 Å². The number of rotatable bonds is 7. The van der Waals surface area contributed by atoms with Crippen molar-refractivity contribution in [3.8, 4) is 5.75 Å². The molecule has 1 fully saturated rings. The van der Waals surface area contributed by atoms with Crippen LogP contribution in [0.25, 0.3) is 0 Å². The van der Waals surface area contributed by atoms with Gasteiger partial charge in [-0.2, -0.15) is 4.31 Å². The molecule has 0 saturated carbocycles. The summed E-state index contributed by atoms with van der Waals surface area (Å²) in [6.07, 6.45) is 3.57. The SMILES string of the molecule is COc1ccc(C(=O)NCc2ccc(S(N)(=O)=O)cc2)cc1S(=O)(=O)N1CCCCCC1. The number of methoxy groups -OCH3 is 1. The summed E-state index contributed by atoms with van der Waals surface area (Å²) in [6, 6.07) is 10.1. The number of nitrogens with zero attached hydrogens (tertiary/aromatic N) is 1. The molecule has 2 aromatic carbocycles. The van der Waals surface area contributed by atoms with Crippen molar-refractivity contribution < 1.29 is 26.4 Å². The van der Waals surface area contributed by atoms with Crippen LogP contribution >= 0.6 is 0 Å². The molecule has 0 aromatic heterocycles. The number of primary sulfonamides is 1. The van der Waals surface area contributed by atoms with Crippen LogP contribution < -0.4 is 15.2 Å². The smallest absolute Gasteiger partial charge is 0.251 e. The molecule has 0 unspecified atom stereocenters. The second kappa shape index (κ2) is 9.99. The number of nitrogens with one attached hydrogen (secondary N) is 1. The molecule has 0 atom stereocenters. The van der Waals surface area contributed by atoms with Gasteiger partial charge in [-0.1, -0.05) is 25.0 Å². The van der Waals surface area contributed by atoms with E-state index in [0.29, 0.717) is 18.7 Å². The van der Waals surface area contributed by atoms with E-state index >= 15 is 0 Å². The first-order valence-electron chi connectivity index (χ1n) is 10.2. The number of hydrogen-bond acceptors (Lipinski definition) is 6. The van der Waals surface area contributed by atoms with Crippen LogP contribution in [0.2, 0.25) is 0 Å². The lowest BCUT2D eigenvalue weighted by Crippen LogP contribution is -2.32. The van der Waals surface area contributed by atoms with Crippen molar-refractivity contribution in [2.45, 2.75) is 42.0 Å². The van der Waals surface area contributed by atoms with Crippen molar-refractivity contribution >= 4 is 26.0 Å². The highest BCUT2D eigenvalue weighted by atomic mass is 32.2. The Morgan fingerprint density at radius 3 is 2.19 bits per heavy atom. The maximum Gasteiger partial charge on any atom is 0.251 e. The van der Waals surface area contributed by atoms with Crippen LogP contribution in [-0.2, 0) is 26.6 Å². The first-order chi connectivity index (χ1) is 15.1. The van der Waals surface area contributed by atoms with E-state index in [1.165, 1.54) is 41.7 Å². The summed E-state index contributed by atoms with van der Waals surface area (Å²) in [7, 11) is -6.21.